The van der Waals surface area contributed by atoms with Crippen LogP contribution in [0.1, 0.15) is 54.0 Å². The Hall–Kier alpha value is -1.67. The Morgan fingerprint density at radius 1 is 1.38 bits per heavy atom. The van der Waals surface area contributed by atoms with Crippen molar-refractivity contribution >= 4 is 23.3 Å². The van der Waals surface area contributed by atoms with Crippen molar-refractivity contribution in [3.05, 3.63) is 15.6 Å². The van der Waals surface area contributed by atoms with E-state index in [0.29, 0.717) is 22.1 Å². The van der Waals surface area contributed by atoms with E-state index < -0.39 is 11.7 Å². The lowest BCUT2D eigenvalue weighted by Gasteiger charge is -2.19. The fourth-order valence-corrected chi connectivity index (χ4v) is 3.21. The lowest BCUT2D eigenvalue weighted by atomic mass is 10.2. The minimum Gasteiger partial charge on any atom is -0.444 e. The third kappa shape index (κ3) is 5.76. The Bertz CT molecular complexity index is 589. The summed E-state index contributed by atoms with van der Waals surface area (Å²) in [7, 11) is 0. The van der Waals surface area contributed by atoms with E-state index in [-0.39, 0.29) is 18.6 Å². The van der Waals surface area contributed by atoms with E-state index in [4.69, 9.17) is 9.47 Å². The zero-order chi connectivity index (χ0) is 17.7. The lowest BCUT2D eigenvalue weighted by Crippen LogP contribution is -2.32. The second-order valence-corrected chi connectivity index (χ2v) is 7.81. The van der Waals surface area contributed by atoms with Crippen LogP contribution in [0.3, 0.4) is 0 Å². The molecule has 1 saturated heterocycles. The molecular weight excluding hydrogens is 330 g/mol. The number of carbonyl (C=O) groups is 2. The normalized spacial score (nSPS) is 17.6. The lowest BCUT2D eigenvalue weighted by molar-refractivity contribution is 0.0523. The number of nitrogens with one attached hydrogen (secondary N) is 2. The number of rotatable bonds is 5. The number of nitrogens with zero attached hydrogens (tertiary/aromatic N) is 1. The van der Waals surface area contributed by atoms with E-state index in [1.807, 2.05) is 0 Å². The first kappa shape index (κ1) is 18.7. The van der Waals surface area contributed by atoms with Gasteiger partial charge in [0, 0.05) is 13.2 Å². The minimum absolute atomic E-state index is 0.107. The molecule has 1 aromatic heterocycles. The van der Waals surface area contributed by atoms with Gasteiger partial charge in [-0.15, -0.1) is 11.3 Å². The van der Waals surface area contributed by atoms with Crippen molar-refractivity contribution in [1.82, 2.24) is 15.6 Å². The smallest absolute Gasteiger partial charge is 0.408 e. The fourth-order valence-electron chi connectivity index (χ4n) is 2.29. The molecular formula is C16H25N3O4S. The highest BCUT2D eigenvalue weighted by molar-refractivity contribution is 7.13. The highest BCUT2D eigenvalue weighted by Crippen LogP contribution is 2.18. The largest absolute Gasteiger partial charge is 0.444 e. The summed E-state index contributed by atoms with van der Waals surface area (Å²) >= 11 is 1.28. The number of aryl methyl sites for hydroxylation is 1. The number of thiazole rings is 1. The summed E-state index contributed by atoms with van der Waals surface area (Å²) in [6.07, 6.45) is 1.63. The van der Waals surface area contributed by atoms with Crippen LogP contribution in [0.25, 0.3) is 0 Å². The minimum atomic E-state index is -0.545. The van der Waals surface area contributed by atoms with Crippen LogP contribution in [-0.2, 0) is 16.0 Å². The first-order chi connectivity index (χ1) is 11.2. The maximum absolute atomic E-state index is 12.3. The monoisotopic (exact) mass is 355 g/mol. The molecule has 0 bridgehead atoms. The van der Waals surface area contributed by atoms with Crippen LogP contribution in [-0.4, -0.2) is 41.8 Å². The number of alkyl carbamates (subject to hydrolysis) is 1. The molecule has 1 fully saturated rings. The molecule has 0 saturated carbocycles. The molecule has 8 heteroatoms. The zero-order valence-electron chi connectivity index (χ0n) is 14.6. The van der Waals surface area contributed by atoms with Gasteiger partial charge in [0.2, 0.25) is 0 Å². The highest BCUT2D eigenvalue weighted by atomic mass is 32.1. The third-order valence-corrected chi connectivity index (χ3v) is 4.50. The molecule has 0 aromatic carbocycles. The molecule has 1 atom stereocenters. The van der Waals surface area contributed by atoms with Crippen molar-refractivity contribution in [2.75, 3.05) is 13.2 Å². The molecule has 0 radical (unpaired) electrons. The van der Waals surface area contributed by atoms with E-state index in [9.17, 15) is 9.59 Å². The summed E-state index contributed by atoms with van der Waals surface area (Å²) in [6, 6.07) is 0. The highest BCUT2D eigenvalue weighted by Gasteiger charge is 2.20. The van der Waals surface area contributed by atoms with Crippen LogP contribution >= 0.6 is 11.3 Å². The van der Waals surface area contributed by atoms with Gasteiger partial charge in [-0.3, -0.25) is 4.79 Å². The molecule has 1 aliphatic rings. The Balaban J connectivity index is 1.84. The predicted molar refractivity (Wildman–Crippen MR) is 91.2 cm³/mol. The molecule has 134 valence electrons. The van der Waals surface area contributed by atoms with Crippen LogP contribution in [0.4, 0.5) is 4.79 Å². The second kappa shape index (κ2) is 7.94. The predicted octanol–water partition coefficient (Wildman–Crippen LogP) is 2.39. The maximum atomic E-state index is 12.3. The summed E-state index contributed by atoms with van der Waals surface area (Å²) in [5.74, 6) is -0.149. The summed E-state index contributed by atoms with van der Waals surface area (Å²) in [4.78, 5) is 28.8. The average Bonchev–Trinajstić information content (AvgIpc) is 3.10. The van der Waals surface area contributed by atoms with Gasteiger partial charge in [0.1, 0.15) is 15.5 Å². The number of hydrogen-bond acceptors (Lipinski definition) is 6. The Kier molecular flexibility index (Phi) is 6.17. The Morgan fingerprint density at radius 2 is 2.12 bits per heavy atom. The standard InChI is InChI=1S/C16H25N3O4S/c1-10-13(14(20)17-8-11-6-5-7-22-11)24-12(19-10)9-18-15(21)23-16(2,3)4/h11H,5-9H2,1-4H3,(H,17,20)(H,18,21). The first-order valence-electron chi connectivity index (χ1n) is 8.07. The molecule has 1 unspecified atom stereocenters. The number of amides is 2. The van der Waals surface area contributed by atoms with Gasteiger partial charge < -0.3 is 20.1 Å². The van der Waals surface area contributed by atoms with Crippen molar-refractivity contribution in [1.29, 1.82) is 0 Å². The van der Waals surface area contributed by atoms with Gasteiger partial charge in [-0.2, -0.15) is 0 Å². The van der Waals surface area contributed by atoms with Gasteiger partial charge in [0.05, 0.1) is 18.3 Å². The number of ether oxygens (including phenoxy) is 2. The van der Waals surface area contributed by atoms with Gasteiger partial charge in [-0.25, -0.2) is 9.78 Å². The maximum Gasteiger partial charge on any atom is 0.408 e. The molecule has 0 spiro atoms. The van der Waals surface area contributed by atoms with E-state index in [1.165, 1.54) is 11.3 Å². The Morgan fingerprint density at radius 3 is 2.75 bits per heavy atom. The molecule has 1 aliphatic heterocycles. The number of aromatic nitrogens is 1. The SMILES string of the molecule is Cc1nc(CNC(=O)OC(C)(C)C)sc1C(=O)NCC1CCCO1. The molecule has 2 heterocycles. The van der Waals surface area contributed by atoms with Crippen molar-refractivity contribution in [3.63, 3.8) is 0 Å². The summed E-state index contributed by atoms with van der Waals surface area (Å²) < 4.78 is 10.7. The van der Waals surface area contributed by atoms with Gasteiger partial charge in [0.25, 0.3) is 5.91 Å². The van der Waals surface area contributed by atoms with E-state index in [0.717, 1.165) is 19.4 Å². The van der Waals surface area contributed by atoms with E-state index >= 15 is 0 Å². The molecule has 2 N–H and O–H groups in total. The van der Waals surface area contributed by atoms with Gasteiger partial charge in [-0.1, -0.05) is 0 Å². The third-order valence-electron chi connectivity index (χ3n) is 3.34. The van der Waals surface area contributed by atoms with Crippen LogP contribution in [0.5, 0.6) is 0 Å². The van der Waals surface area contributed by atoms with Crippen LogP contribution in [0.2, 0.25) is 0 Å². The summed E-state index contributed by atoms with van der Waals surface area (Å²) in [5, 5.41) is 6.20. The van der Waals surface area contributed by atoms with Crippen molar-refractivity contribution in [2.24, 2.45) is 0 Å². The molecule has 1 aromatic rings. The van der Waals surface area contributed by atoms with E-state index in [2.05, 4.69) is 15.6 Å². The molecule has 24 heavy (non-hydrogen) atoms. The number of carbonyl (C=O) groups excluding carboxylic acids is 2. The van der Waals surface area contributed by atoms with Crippen LogP contribution < -0.4 is 10.6 Å². The van der Waals surface area contributed by atoms with Crippen molar-refractivity contribution in [2.45, 2.75) is 58.8 Å². The van der Waals surface area contributed by atoms with Gasteiger partial charge in [0.15, 0.2) is 0 Å². The Labute approximate surface area is 146 Å². The molecule has 2 amide bonds. The fraction of sp³-hybridized carbons (Fsp3) is 0.688. The van der Waals surface area contributed by atoms with Crippen LogP contribution in [0.15, 0.2) is 0 Å². The quantitative estimate of drug-likeness (QED) is 0.846. The molecule has 7 nitrogen and oxygen atoms in total. The van der Waals surface area contributed by atoms with Gasteiger partial charge >= 0.3 is 6.09 Å². The topological polar surface area (TPSA) is 89.5 Å². The van der Waals surface area contributed by atoms with E-state index in [1.54, 1.807) is 27.7 Å². The second-order valence-electron chi connectivity index (χ2n) is 6.72. The van der Waals surface area contributed by atoms with Crippen molar-refractivity contribution in [3.8, 4) is 0 Å². The zero-order valence-corrected chi connectivity index (χ0v) is 15.4. The van der Waals surface area contributed by atoms with Gasteiger partial charge in [-0.05, 0) is 40.5 Å². The average molecular weight is 355 g/mol. The summed E-state index contributed by atoms with van der Waals surface area (Å²) in [6.45, 7) is 8.71. The summed E-state index contributed by atoms with van der Waals surface area (Å²) in [5.41, 5.74) is 0.113. The molecule has 2 rings (SSSR count). The first-order valence-corrected chi connectivity index (χ1v) is 8.89. The van der Waals surface area contributed by atoms with Crippen LogP contribution in [0, 0.1) is 6.92 Å². The van der Waals surface area contributed by atoms with Crippen molar-refractivity contribution < 1.29 is 19.1 Å². The molecule has 0 aliphatic carbocycles. The number of hydrogen-bond donors (Lipinski definition) is 2.